The molecule has 0 radical (unpaired) electrons. The summed E-state index contributed by atoms with van der Waals surface area (Å²) in [5, 5.41) is 3.88. The molecule has 92 valence electrons. The van der Waals surface area contributed by atoms with Crippen molar-refractivity contribution in [3.63, 3.8) is 0 Å². The average Bonchev–Trinajstić information content (AvgIpc) is 2.37. The van der Waals surface area contributed by atoms with Gasteiger partial charge >= 0.3 is 0 Å². The molecular weight excluding hydrogens is 216 g/mol. The normalized spacial score (nSPS) is 10.5. The highest BCUT2D eigenvalue weighted by molar-refractivity contribution is 5.82. The van der Waals surface area contributed by atoms with Crippen molar-refractivity contribution in [1.29, 1.82) is 0 Å². The van der Waals surface area contributed by atoms with E-state index in [9.17, 15) is 4.79 Å². The standard InChI is InChI=1S/C13H18N2O2/c1-3-4-5-13(16)15-14-10-11-6-8-12(17-2)9-7-11/h6-10H,3-5H2,1-2H3,(H,15,16)/b14-10+. The molecule has 1 amide bonds. The van der Waals surface area contributed by atoms with Gasteiger partial charge in [0, 0.05) is 6.42 Å². The highest BCUT2D eigenvalue weighted by Gasteiger charge is 1.96. The minimum absolute atomic E-state index is 0.0448. The Morgan fingerprint density at radius 3 is 2.71 bits per heavy atom. The third-order valence-electron chi connectivity index (χ3n) is 2.28. The summed E-state index contributed by atoms with van der Waals surface area (Å²) in [4.78, 5) is 11.2. The molecule has 0 spiro atoms. The lowest BCUT2D eigenvalue weighted by atomic mass is 10.2. The Bertz CT molecular complexity index is 372. The maximum atomic E-state index is 11.2. The number of hydrogen-bond acceptors (Lipinski definition) is 3. The Morgan fingerprint density at radius 2 is 2.12 bits per heavy atom. The van der Waals surface area contributed by atoms with Crippen molar-refractivity contribution in [2.24, 2.45) is 5.10 Å². The van der Waals surface area contributed by atoms with Crippen LogP contribution in [0.5, 0.6) is 5.75 Å². The van der Waals surface area contributed by atoms with Crippen LogP contribution in [0.2, 0.25) is 0 Å². The van der Waals surface area contributed by atoms with Gasteiger partial charge in [-0.05, 0) is 36.2 Å². The van der Waals surface area contributed by atoms with Gasteiger partial charge in [-0.2, -0.15) is 5.10 Å². The van der Waals surface area contributed by atoms with E-state index in [0.29, 0.717) is 6.42 Å². The van der Waals surface area contributed by atoms with E-state index in [2.05, 4.69) is 10.5 Å². The Morgan fingerprint density at radius 1 is 1.41 bits per heavy atom. The largest absolute Gasteiger partial charge is 0.497 e. The van der Waals surface area contributed by atoms with E-state index in [1.165, 1.54) is 0 Å². The first-order chi connectivity index (χ1) is 8.26. The predicted octanol–water partition coefficient (Wildman–Crippen LogP) is 2.34. The van der Waals surface area contributed by atoms with Crippen LogP contribution < -0.4 is 10.2 Å². The molecule has 0 aliphatic rings. The van der Waals surface area contributed by atoms with E-state index in [1.807, 2.05) is 31.2 Å². The Kier molecular flexibility index (Phi) is 5.79. The number of benzene rings is 1. The number of unbranched alkanes of at least 4 members (excludes halogenated alkanes) is 1. The molecule has 0 aromatic heterocycles. The first-order valence-corrected chi connectivity index (χ1v) is 5.72. The van der Waals surface area contributed by atoms with Gasteiger partial charge in [-0.1, -0.05) is 13.3 Å². The Hall–Kier alpha value is -1.84. The third-order valence-corrected chi connectivity index (χ3v) is 2.28. The zero-order valence-corrected chi connectivity index (χ0v) is 10.3. The fourth-order valence-electron chi connectivity index (χ4n) is 1.26. The highest BCUT2D eigenvalue weighted by atomic mass is 16.5. The van der Waals surface area contributed by atoms with Gasteiger partial charge in [0.25, 0.3) is 0 Å². The second kappa shape index (κ2) is 7.44. The van der Waals surface area contributed by atoms with E-state index < -0.39 is 0 Å². The molecule has 1 aromatic rings. The predicted molar refractivity (Wildman–Crippen MR) is 68.3 cm³/mol. The summed E-state index contributed by atoms with van der Waals surface area (Å²) >= 11 is 0. The molecule has 1 aromatic carbocycles. The van der Waals surface area contributed by atoms with Crippen LogP contribution in [0.15, 0.2) is 29.4 Å². The number of nitrogens with zero attached hydrogens (tertiary/aromatic N) is 1. The molecule has 0 saturated heterocycles. The van der Waals surface area contributed by atoms with Crippen molar-refractivity contribution in [3.05, 3.63) is 29.8 Å². The molecule has 0 saturated carbocycles. The van der Waals surface area contributed by atoms with Gasteiger partial charge in [0.2, 0.25) is 5.91 Å². The smallest absolute Gasteiger partial charge is 0.240 e. The lowest BCUT2D eigenvalue weighted by Crippen LogP contribution is -2.16. The first-order valence-electron chi connectivity index (χ1n) is 5.72. The molecule has 1 N–H and O–H groups in total. The monoisotopic (exact) mass is 234 g/mol. The quantitative estimate of drug-likeness (QED) is 0.606. The number of methoxy groups -OCH3 is 1. The molecule has 17 heavy (non-hydrogen) atoms. The van der Waals surface area contributed by atoms with Crippen LogP contribution in [-0.2, 0) is 4.79 Å². The lowest BCUT2D eigenvalue weighted by Gasteiger charge is -1.99. The topological polar surface area (TPSA) is 50.7 Å². The van der Waals surface area contributed by atoms with Crippen LogP contribution in [0.1, 0.15) is 31.7 Å². The summed E-state index contributed by atoms with van der Waals surface area (Å²) in [6.07, 6.45) is 4.04. The number of carbonyl (C=O) groups excluding carboxylic acids is 1. The number of carbonyl (C=O) groups is 1. The number of nitrogens with one attached hydrogen (secondary N) is 1. The van der Waals surface area contributed by atoms with Gasteiger partial charge in [-0.25, -0.2) is 5.43 Å². The maximum absolute atomic E-state index is 11.2. The summed E-state index contributed by atoms with van der Waals surface area (Å²) in [5.41, 5.74) is 3.41. The second-order valence-electron chi connectivity index (χ2n) is 3.67. The van der Waals surface area contributed by atoms with E-state index in [-0.39, 0.29) is 5.91 Å². The van der Waals surface area contributed by atoms with Gasteiger partial charge in [0.05, 0.1) is 13.3 Å². The van der Waals surface area contributed by atoms with Crippen molar-refractivity contribution in [2.45, 2.75) is 26.2 Å². The molecular formula is C13H18N2O2. The summed E-state index contributed by atoms with van der Waals surface area (Å²) < 4.78 is 5.04. The zero-order chi connectivity index (χ0) is 12.5. The van der Waals surface area contributed by atoms with E-state index in [4.69, 9.17) is 4.74 Å². The lowest BCUT2D eigenvalue weighted by molar-refractivity contribution is -0.121. The van der Waals surface area contributed by atoms with Crippen LogP contribution in [0, 0.1) is 0 Å². The van der Waals surface area contributed by atoms with Crippen LogP contribution >= 0.6 is 0 Å². The van der Waals surface area contributed by atoms with Crippen LogP contribution in [-0.4, -0.2) is 19.2 Å². The molecule has 0 unspecified atom stereocenters. The zero-order valence-electron chi connectivity index (χ0n) is 10.3. The number of amides is 1. The number of hydrogen-bond donors (Lipinski definition) is 1. The fraction of sp³-hybridized carbons (Fsp3) is 0.385. The average molecular weight is 234 g/mol. The minimum Gasteiger partial charge on any atom is -0.497 e. The third kappa shape index (κ3) is 5.15. The molecule has 1 rings (SSSR count). The first kappa shape index (κ1) is 13.2. The fourth-order valence-corrected chi connectivity index (χ4v) is 1.26. The van der Waals surface area contributed by atoms with Crippen LogP contribution in [0.3, 0.4) is 0 Å². The SMILES string of the molecule is CCCCC(=O)N/N=C/c1ccc(OC)cc1. The van der Waals surface area contributed by atoms with Crippen molar-refractivity contribution < 1.29 is 9.53 Å². The summed E-state index contributed by atoms with van der Waals surface area (Å²) in [6, 6.07) is 7.45. The van der Waals surface area contributed by atoms with Gasteiger partial charge in [0.15, 0.2) is 0 Å². The van der Waals surface area contributed by atoms with E-state index in [1.54, 1.807) is 13.3 Å². The number of hydrazone groups is 1. The number of rotatable bonds is 6. The van der Waals surface area contributed by atoms with Gasteiger partial charge in [0.1, 0.15) is 5.75 Å². The van der Waals surface area contributed by atoms with Gasteiger partial charge < -0.3 is 4.74 Å². The molecule has 0 aliphatic carbocycles. The summed E-state index contributed by atoms with van der Waals surface area (Å²) in [7, 11) is 1.62. The molecule has 0 heterocycles. The number of ether oxygens (including phenoxy) is 1. The molecule has 0 aliphatic heterocycles. The maximum Gasteiger partial charge on any atom is 0.240 e. The molecule has 0 fully saturated rings. The van der Waals surface area contributed by atoms with E-state index >= 15 is 0 Å². The molecule has 0 bridgehead atoms. The minimum atomic E-state index is -0.0448. The molecule has 0 atom stereocenters. The Balaban J connectivity index is 2.39. The summed E-state index contributed by atoms with van der Waals surface area (Å²) in [5.74, 6) is 0.755. The van der Waals surface area contributed by atoms with Crippen LogP contribution in [0.25, 0.3) is 0 Å². The highest BCUT2D eigenvalue weighted by Crippen LogP contribution is 2.09. The Labute approximate surface area is 102 Å². The van der Waals surface area contributed by atoms with Gasteiger partial charge in [-0.15, -0.1) is 0 Å². The van der Waals surface area contributed by atoms with Crippen molar-refractivity contribution in [3.8, 4) is 5.75 Å². The summed E-state index contributed by atoms with van der Waals surface area (Å²) in [6.45, 7) is 2.05. The molecule has 4 heteroatoms. The second-order valence-corrected chi connectivity index (χ2v) is 3.67. The van der Waals surface area contributed by atoms with Crippen molar-refractivity contribution in [1.82, 2.24) is 5.43 Å². The molecule has 4 nitrogen and oxygen atoms in total. The van der Waals surface area contributed by atoms with Crippen LogP contribution in [0.4, 0.5) is 0 Å². The van der Waals surface area contributed by atoms with Crippen molar-refractivity contribution in [2.75, 3.05) is 7.11 Å². The van der Waals surface area contributed by atoms with E-state index in [0.717, 1.165) is 24.2 Å². The van der Waals surface area contributed by atoms with Crippen molar-refractivity contribution >= 4 is 12.1 Å². The van der Waals surface area contributed by atoms with Gasteiger partial charge in [-0.3, -0.25) is 4.79 Å².